The van der Waals surface area contributed by atoms with Crippen molar-refractivity contribution >= 4 is 0 Å². The summed E-state index contributed by atoms with van der Waals surface area (Å²) in [5.41, 5.74) is 0.160. The zero-order valence-electron chi connectivity index (χ0n) is 10.2. The van der Waals surface area contributed by atoms with Crippen molar-refractivity contribution < 1.29 is 17.9 Å². The smallest absolute Gasteiger partial charge is 0.419 e. The predicted octanol–water partition coefficient (Wildman–Crippen LogP) is 3.01. The third-order valence-electron chi connectivity index (χ3n) is 3.22. The largest absolute Gasteiger partial charge is 0.496 e. The van der Waals surface area contributed by atoms with Crippen molar-refractivity contribution in [3.63, 3.8) is 0 Å². The van der Waals surface area contributed by atoms with Gasteiger partial charge in [-0.25, -0.2) is 0 Å². The SMILES string of the molecule is COc1cc(CC2CCCN2)ccc1C(F)(F)F. The summed E-state index contributed by atoms with van der Waals surface area (Å²) in [4.78, 5) is 0. The van der Waals surface area contributed by atoms with Crippen molar-refractivity contribution in [2.75, 3.05) is 13.7 Å². The Morgan fingerprint density at radius 3 is 2.72 bits per heavy atom. The van der Waals surface area contributed by atoms with Gasteiger partial charge in [0, 0.05) is 6.04 Å². The number of alkyl halides is 3. The Hall–Kier alpha value is -1.23. The maximum Gasteiger partial charge on any atom is 0.419 e. The molecule has 1 heterocycles. The van der Waals surface area contributed by atoms with Crippen LogP contribution in [0.4, 0.5) is 13.2 Å². The molecule has 0 aromatic heterocycles. The van der Waals surface area contributed by atoms with Gasteiger partial charge in [0.1, 0.15) is 5.75 Å². The van der Waals surface area contributed by atoms with Gasteiger partial charge in [-0.2, -0.15) is 13.2 Å². The summed E-state index contributed by atoms with van der Waals surface area (Å²) < 4.78 is 42.9. The lowest BCUT2D eigenvalue weighted by molar-refractivity contribution is -0.138. The second-order valence-corrected chi connectivity index (χ2v) is 4.53. The van der Waals surface area contributed by atoms with Crippen LogP contribution in [-0.4, -0.2) is 19.7 Å². The van der Waals surface area contributed by atoms with Gasteiger partial charge >= 0.3 is 6.18 Å². The lowest BCUT2D eigenvalue weighted by atomic mass is 10.0. The van der Waals surface area contributed by atoms with E-state index in [9.17, 15) is 13.2 Å². The van der Waals surface area contributed by atoms with E-state index in [0.29, 0.717) is 6.04 Å². The van der Waals surface area contributed by atoms with E-state index >= 15 is 0 Å². The minimum atomic E-state index is -4.37. The Balaban J connectivity index is 2.18. The Morgan fingerprint density at radius 2 is 2.17 bits per heavy atom. The molecule has 1 aromatic carbocycles. The average Bonchev–Trinajstić information content (AvgIpc) is 2.80. The highest BCUT2D eigenvalue weighted by atomic mass is 19.4. The fraction of sp³-hybridized carbons (Fsp3) is 0.538. The topological polar surface area (TPSA) is 21.3 Å². The van der Waals surface area contributed by atoms with Crippen LogP contribution in [-0.2, 0) is 12.6 Å². The molecule has 1 aromatic rings. The quantitative estimate of drug-likeness (QED) is 0.901. The Bertz CT molecular complexity index is 411. The van der Waals surface area contributed by atoms with E-state index in [1.165, 1.54) is 19.2 Å². The molecule has 0 amide bonds. The minimum Gasteiger partial charge on any atom is -0.496 e. The molecule has 0 saturated carbocycles. The van der Waals surface area contributed by atoms with Crippen LogP contribution in [0, 0.1) is 0 Å². The molecule has 5 heteroatoms. The average molecular weight is 259 g/mol. The number of rotatable bonds is 3. The second-order valence-electron chi connectivity index (χ2n) is 4.53. The maximum absolute atomic E-state index is 12.7. The lowest BCUT2D eigenvalue weighted by Gasteiger charge is -2.15. The fourth-order valence-electron chi connectivity index (χ4n) is 2.31. The van der Waals surface area contributed by atoms with Gasteiger partial charge in [-0.1, -0.05) is 6.07 Å². The van der Waals surface area contributed by atoms with Crippen LogP contribution in [0.5, 0.6) is 5.75 Å². The fourth-order valence-corrected chi connectivity index (χ4v) is 2.31. The highest BCUT2D eigenvalue weighted by molar-refractivity contribution is 5.39. The van der Waals surface area contributed by atoms with Gasteiger partial charge in [0.15, 0.2) is 0 Å². The lowest BCUT2D eigenvalue weighted by Crippen LogP contribution is -2.23. The summed E-state index contributed by atoms with van der Waals surface area (Å²) in [6, 6.07) is 4.49. The number of nitrogens with one attached hydrogen (secondary N) is 1. The van der Waals surface area contributed by atoms with Crippen LogP contribution >= 0.6 is 0 Å². The van der Waals surface area contributed by atoms with Crippen LogP contribution < -0.4 is 10.1 Å². The van der Waals surface area contributed by atoms with Crippen LogP contribution in [0.1, 0.15) is 24.0 Å². The molecule has 1 saturated heterocycles. The Kier molecular flexibility index (Phi) is 3.80. The molecule has 1 atom stereocenters. The number of ether oxygens (including phenoxy) is 1. The van der Waals surface area contributed by atoms with E-state index in [1.807, 2.05) is 0 Å². The van der Waals surface area contributed by atoms with E-state index in [-0.39, 0.29) is 5.75 Å². The Labute approximate surface area is 104 Å². The molecule has 18 heavy (non-hydrogen) atoms. The van der Waals surface area contributed by atoms with Crippen LogP contribution in [0.25, 0.3) is 0 Å². The van der Waals surface area contributed by atoms with Crippen molar-refractivity contribution in [3.05, 3.63) is 29.3 Å². The zero-order chi connectivity index (χ0) is 13.2. The first-order chi connectivity index (χ1) is 8.50. The highest BCUT2D eigenvalue weighted by Crippen LogP contribution is 2.36. The second kappa shape index (κ2) is 5.18. The van der Waals surface area contributed by atoms with E-state index < -0.39 is 11.7 Å². The van der Waals surface area contributed by atoms with E-state index in [4.69, 9.17) is 4.74 Å². The summed E-state index contributed by atoms with van der Waals surface area (Å²) in [7, 11) is 1.27. The van der Waals surface area contributed by atoms with Gasteiger partial charge in [-0.3, -0.25) is 0 Å². The number of benzene rings is 1. The van der Waals surface area contributed by atoms with Gasteiger partial charge in [-0.05, 0) is 43.5 Å². The molecule has 0 aliphatic carbocycles. The first kappa shape index (κ1) is 13.2. The van der Waals surface area contributed by atoms with Crippen LogP contribution in [0.3, 0.4) is 0 Å². The third kappa shape index (κ3) is 2.96. The molecule has 100 valence electrons. The molecule has 0 radical (unpaired) electrons. The first-order valence-electron chi connectivity index (χ1n) is 5.98. The molecule has 0 bridgehead atoms. The predicted molar refractivity (Wildman–Crippen MR) is 62.7 cm³/mol. The van der Waals surface area contributed by atoms with Gasteiger partial charge in [-0.15, -0.1) is 0 Å². The van der Waals surface area contributed by atoms with Gasteiger partial charge < -0.3 is 10.1 Å². The molecule has 1 aliphatic rings. The monoisotopic (exact) mass is 259 g/mol. The minimum absolute atomic E-state index is 0.0991. The van der Waals surface area contributed by atoms with E-state index in [1.54, 1.807) is 0 Å². The van der Waals surface area contributed by atoms with Crippen molar-refractivity contribution in [1.82, 2.24) is 5.32 Å². The molecule has 2 nitrogen and oxygen atoms in total. The molecule has 2 rings (SSSR count). The summed E-state index contributed by atoms with van der Waals surface area (Å²) in [6.07, 6.45) is -1.42. The highest BCUT2D eigenvalue weighted by Gasteiger charge is 2.34. The van der Waals surface area contributed by atoms with Crippen LogP contribution in [0.15, 0.2) is 18.2 Å². The van der Waals surface area contributed by atoms with Crippen molar-refractivity contribution in [2.45, 2.75) is 31.5 Å². The molecular formula is C13H16F3NO. The van der Waals surface area contributed by atoms with Crippen molar-refractivity contribution in [3.8, 4) is 5.75 Å². The third-order valence-corrected chi connectivity index (χ3v) is 3.22. The summed E-state index contributed by atoms with van der Waals surface area (Å²) in [5, 5.41) is 3.32. The van der Waals surface area contributed by atoms with Gasteiger partial charge in [0.05, 0.1) is 12.7 Å². The van der Waals surface area contributed by atoms with Gasteiger partial charge in [0.25, 0.3) is 0 Å². The molecule has 1 fully saturated rings. The molecule has 1 N–H and O–H groups in total. The van der Waals surface area contributed by atoms with E-state index in [0.717, 1.165) is 37.4 Å². The summed E-state index contributed by atoms with van der Waals surface area (Å²) in [5.74, 6) is -0.0991. The first-order valence-corrected chi connectivity index (χ1v) is 5.98. The zero-order valence-corrected chi connectivity index (χ0v) is 10.2. The maximum atomic E-state index is 12.7. The number of hydrogen-bond acceptors (Lipinski definition) is 2. The number of methoxy groups -OCH3 is 1. The molecule has 0 spiro atoms. The molecule has 1 aliphatic heterocycles. The van der Waals surface area contributed by atoms with Crippen LogP contribution in [0.2, 0.25) is 0 Å². The normalized spacial score (nSPS) is 20.1. The Morgan fingerprint density at radius 1 is 1.39 bits per heavy atom. The van der Waals surface area contributed by atoms with Crippen molar-refractivity contribution in [2.24, 2.45) is 0 Å². The summed E-state index contributed by atoms with van der Waals surface area (Å²) in [6.45, 7) is 0.989. The summed E-state index contributed by atoms with van der Waals surface area (Å²) >= 11 is 0. The number of hydrogen-bond donors (Lipinski definition) is 1. The van der Waals surface area contributed by atoms with E-state index in [2.05, 4.69) is 5.32 Å². The standard InChI is InChI=1S/C13H16F3NO/c1-18-12-8-9(7-10-3-2-6-17-10)4-5-11(12)13(14,15)16/h4-5,8,10,17H,2-3,6-7H2,1H3. The number of halogens is 3. The molecule has 1 unspecified atom stereocenters. The molecular weight excluding hydrogens is 243 g/mol. The van der Waals surface area contributed by atoms with Crippen molar-refractivity contribution in [1.29, 1.82) is 0 Å². The van der Waals surface area contributed by atoms with Gasteiger partial charge in [0.2, 0.25) is 0 Å².